The number of rotatable bonds is 6. The maximum atomic E-state index is 12.7. The smallest absolute Gasteiger partial charge is 0.254 e. The third kappa shape index (κ3) is 5.05. The van der Waals surface area contributed by atoms with Gasteiger partial charge in [-0.2, -0.15) is 5.10 Å². The van der Waals surface area contributed by atoms with Crippen LogP contribution < -0.4 is 5.43 Å². The number of nitrogens with one attached hydrogen (secondary N) is 1. The number of morpholine rings is 2. The van der Waals surface area contributed by atoms with Gasteiger partial charge in [-0.15, -0.1) is 0 Å². The Morgan fingerprint density at radius 1 is 1.00 bits per heavy atom. The fraction of sp³-hybridized carbons (Fsp3) is 0.476. The molecule has 0 unspecified atom stereocenters. The minimum absolute atomic E-state index is 0.0707. The lowest BCUT2D eigenvalue weighted by atomic mass is 10.2. The molecule has 2 aliphatic heterocycles. The third-order valence-corrected chi connectivity index (χ3v) is 5.35. The van der Waals surface area contributed by atoms with E-state index in [0.29, 0.717) is 46.1 Å². The molecule has 2 fully saturated rings. The number of hydrazone groups is 1. The first kappa shape index (κ1) is 20.5. The van der Waals surface area contributed by atoms with Crippen molar-refractivity contribution in [3.8, 4) is 0 Å². The summed E-state index contributed by atoms with van der Waals surface area (Å²) in [6.07, 6.45) is 3.54. The van der Waals surface area contributed by atoms with Crippen LogP contribution in [0.2, 0.25) is 0 Å². The predicted molar refractivity (Wildman–Crippen MR) is 112 cm³/mol. The van der Waals surface area contributed by atoms with Crippen molar-refractivity contribution in [2.75, 3.05) is 59.2 Å². The molecule has 0 bridgehead atoms. The van der Waals surface area contributed by atoms with Crippen LogP contribution in [0.3, 0.4) is 0 Å². The summed E-state index contributed by atoms with van der Waals surface area (Å²) >= 11 is 0. The number of ether oxygens (including phenoxy) is 2. The van der Waals surface area contributed by atoms with Gasteiger partial charge in [0.25, 0.3) is 5.91 Å². The van der Waals surface area contributed by atoms with E-state index in [1.165, 1.54) is 0 Å². The van der Waals surface area contributed by atoms with Crippen LogP contribution in [0.5, 0.6) is 0 Å². The molecular weight excluding hydrogens is 386 g/mol. The van der Waals surface area contributed by atoms with Crippen molar-refractivity contribution in [2.45, 2.75) is 6.54 Å². The van der Waals surface area contributed by atoms with Crippen molar-refractivity contribution in [1.82, 2.24) is 19.8 Å². The normalized spacial score (nSPS) is 18.2. The molecule has 1 aromatic heterocycles. The van der Waals surface area contributed by atoms with Gasteiger partial charge in [0.2, 0.25) is 5.91 Å². The van der Waals surface area contributed by atoms with Gasteiger partial charge >= 0.3 is 0 Å². The molecule has 1 N–H and O–H groups in total. The summed E-state index contributed by atoms with van der Waals surface area (Å²) in [7, 11) is 0. The van der Waals surface area contributed by atoms with E-state index in [1.54, 1.807) is 6.21 Å². The van der Waals surface area contributed by atoms with Gasteiger partial charge in [0.1, 0.15) is 6.54 Å². The molecule has 160 valence electrons. The zero-order chi connectivity index (χ0) is 20.8. The number of carbonyl (C=O) groups excluding carboxylic acids is 2. The van der Waals surface area contributed by atoms with Crippen molar-refractivity contribution in [1.29, 1.82) is 0 Å². The Morgan fingerprint density at radius 2 is 1.70 bits per heavy atom. The van der Waals surface area contributed by atoms with Crippen molar-refractivity contribution in [2.24, 2.45) is 5.10 Å². The van der Waals surface area contributed by atoms with Crippen molar-refractivity contribution in [3.05, 3.63) is 36.0 Å². The monoisotopic (exact) mass is 413 g/mol. The molecule has 0 radical (unpaired) electrons. The average molecular weight is 413 g/mol. The highest BCUT2D eigenvalue weighted by Crippen LogP contribution is 2.20. The van der Waals surface area contributed by atoms with Crippen molar-refractivity contribution in [3.63, 3.8) is 0 Å². The molecule has 0 aliphatic carbocycles. The minimum Gasteiger partial charge on any atom is -0.379 e. The fourth-order valence-corrected chi connectivity index (χ4v) is 3.74. The van der Waals surface area contributed by atoms with E-state index in [1.807, 2.05) is 44.8 Å². The first-order valence-corrected chi connectivity index (χ1v) is 10.3. The van der Waals surface area contributed by atoms with Crippen molar-refractivity contribution >= 4 is 28.9 Å². The lowest BCUT2D eigenvalue weighted by molar-refractivity contribution is -0.135. The summed E-state index contributed by atoms with van der Waals surface area (Å²) in [6, 6.07) is 7.87. The lowest BCUT2D eigenvalue weighted by Crippen LogP contribution is -2.42. The number of para-hydroxylation sites is 1. The van der Waals surface area contributed by atoms with Gasteiger partial charge in [-0.1, -0.05) is 18.2 Å². The van der Waals surface area contributed by atoms with Crippen LogP contribution in [0, 0.1) is 0 Å². The highest BCUT2D eigenvalue weighted by Gasteiger charge is 2.18. The average Bonchev–Trinajstić information content (AvgIpc) is 3.12. The van der Waals surface area contributed by atoms with E-state index in [4.69, 9.17) is 9.47 Å². The Kier molecular flexibility index (Phi) is 6.73. The Labute approximate surface area is 175 Å². The second-order valence-corrected chi connectivity index (χ2v) is 7.40. The maximum Gasteiger partial charge on any atom is 0.254 e. The molecule has 30 heavy (non-hydrogen) atoms. The van der Waals surface area contributed by atoms with E-state index in [0.717, 1.165) is 29.6 Å². The Morgan fingerprint density at radius 3 is 2.47 bits per heavy atom. The van der Waals surface area contributed by atoms with E-state index in [2.05, 4.69) is 10.5 Å². The van der Waals surface area contributed by atoms with Crippen LogP contribution in [-0.2, 0) is 25.6 Å². The van der Waals surface area contributed by atoms with E-state index >= 15 is 0 Å². The fourth-order valence-electron chi connectivity index (χ4n) is 3.74. The standard InChI is InChI=1S/C21H27N5O4/c27-20(15-24-5-9-29-10-6-24)23-22-13-17-14-26(19-4-2-1-3-18(17)19)16-21(28)25-7-11-30-12-8-25/h1-4,13-14H,5-12,15-16H2,(H,23,27)/b22-13+. The summed E-state index contributed by atoms with van der Waals surface area (Å²) in [6.45, 7) is 5.79. The molecule has 2 saturated heterocycles. The third-order valence-electron chi connectivity index (χ3n) is 5.35. The van der Waals surface area contributed by atoms with Crippen LogP contribution in [0.1, 0.15) is 5.56 Å². The molecule has 2 amide bonds. The number of fused-ring (bicyclic) bond motifs is 1. The Bertz CT molecular complexity index is 913. The number of carbonyl (C=O) groups is 2. The SMILES string of the molecule is O=C(CN1CCOCC1)N/N=C/c1cn(CC(=O)N2CCOCC2)c2ccccc12. The summed E-state index contributed by atoms with van der Waals surface area (Å²) in [5, 5.41) is 5.12. The number of hydrogen-bond acceptors (Lipinski definition) is 6. The highest BCUT2D eigenvalue weighted by molar-refractivity contribution is 6.00. The van der Waals surface area contributed by atoms with Gasteiger partial charge in [-0.05, 0) is 6.07 Å². The van der Waals surface area contributed by atoms with Gasteiger partial charge in [0, 0.05) is 48.8 Å². The first-order chi connectivity index (χ1) is 14.7. The Hall–Kier alpha value is -2.75. The predicted octanol–water partition coefficient (Wildman–Crippen LogP) is 0.282. The summed E-state index contributed by atoms with van der Waals surface area (Å²) in [5.41, 5.74) is 4.41. The summed E-state index contributed by atoms with van der Waals surface area (Å²) in [5.74, 6) is -0.0826. The van der Waals surface area contributed by atoms with Gasteiger partial charge in [0.15, 0.2) is 0 Å². The second kappa shape index (κ2) is 9.84. The van der Waals surface area contributed by atoms with Crippen LogP contribution in [-0.4, -0.2) is 91.5 Å². The van der Waals surface area contributed by atoms with E-state index < -0.39 is 0 Å². The minimum atomic E-state index is -0.153. The number of hydrogen-bond donors (Lipinski definition) is 1. The molecule has 2 aliphatic rings. The molecule has 0 saturated carbocycles. The Balaban J connectivity index is 1.41. The molecule has 4 rings (SSSR count). The molecule has 1 aromatic carbocycles. The molecule has 0 spiro atoms. The summed E-state index contributed by atoms with van der Waals surface area (Å²) < 4.78 is 12.5. The molecule has 9 nitrogen and oxygen atoms in total. The summed E-state index contributed by atoms with van der Waals surface area (Å²) in [4.78, 5) is 28.6. The first-order valence-electron chi connectivity index (χ1n) is 10.3. The second-order valence-electron chi connectivity index (χ2n) is 7.40. The number of benzene rings is 1. The largest absolute Gasteiger partial charge is 0.379 e. The number of aromatic nitrogens is 1. The topological polar surface area (TPSA) is 88.4 Å². The van der Waals surface area contributed by atoms with Gasteiger partial charge in [0.05, 0.1) is 39.2 Å². The van der Waals surface area contributed by atoms with Gasteiger partial charge < -0.3 is 18.9 Å². The van der Waals surface area contributed by atoms with Gasteiger partial charge in [-0.25, -0.2) is 5.43 Å². The molecule has 2 aromatic rings. The van der Waals surface area contributed by atoms with Crippen LogP contribution in [0.4, 0.5) is 0 Å². The van der Waals surface area contributed by atoms with Crippen LogP contribution >= 0.6 is 0 Å². The zero-order valence-electron chi connectivity index (χ0n) is 17.0. The van der Waals surface area contributed by atoms with Crippen molar-refractivity contribution < 1.29 is 19.1 Å². The zero-order valence-corrected chi connectivity index (χ0v) is 17.0. The van der Waals surface area contributed by atoms with E-state index in [9.17, 15) is 9.59 Å². The number of amides is 2. The molecule has 3 heterocycles. The quantitative estimate of drug-likeness (QED) is 0.543. The van der Waals surface area contributed by atoms with Gasteiger partial charge in [-0.3, -0.25) is 14.5 Å². The molecular formula is C21H27N5O4. The van der Waals surface area contributed by atoms with Crippen LogP contribution in [0.25, 0.3) is 10.9 Å². The highest BCUT2D eigenvalue weighted by atomic mass is 16.5. The number of nitrogens with zero attached hydrogens (tertiary/aromatic N) is 4. The molecule has 0 atom stereocenters. The van der Waals surface area contributed by atoms with Crippen LogP contribution in [0.15, 0.2) is 35.6 Å². The van der Waals surface area contributed by atoms with E-state index in [-0.39, 0.29) is 18.4 Å². The maximum absolute atomic E-state index is 12.7. The lowest BCUT2D eigenvalue weighted by Gasteiger charge is -2.27. The molecule has 9 heteroatoms.